The van der Waals surface area contributed by atoms with E-state index in [0.29, 0.717) is 18.0 Å². The number of benzene rings is 2. The highest BCUT2D eigenvalue weighted by Crippen LogP contribution is 2.27. The average molecular weight is 346 g/mol. The number of rotatable bonds is 5. The van der Waals surface area contributed by atoms with Crippen molar-refractivity contribution in [3.05, 3.63) is 54.6 Å². The van der Waals surface area contributed by atoms with Crippen molar-refractivity contribution in [2.24, 2.45) is 0 Å². The summed E-state index contributed by atoms with van der Waals surface area (Å²) in [5.74, 6) is 0.803. The van der Waals surface area contributed by atoms with Crippen LogP contribution in [-0.2, 0) is 10.0 Å². The molecule has 1 aliphatic rings. The van der Waals surface area contributed by atoms with Crippen LogP contribution in [-0.4, -0.2) is 39.0 Å². The lowest BCUT2D eigenvalue weighted by Crippen LogP contribution is -2.42. The molecule has 0 unspecified atom stereocenters. The zero-order valence-corrected chi connectivity index (χ0v) is 14.5. The minimum Gasteiger partial charge on any atom is -0.495 e. The molecule has 0 amide bonds. The van der Waals surface area contributed by atoms with Gasteiger partial charge in [0.25, 0.3) is 0 Å². The molecule has 3 rings (SSSR count). The van der Waals surface area contributed by atoms with Gasteiger partial charge in [-0.1, -0.05) is 30.3 Å². The van der Waals surface area contributed by atoms with Gasteiger partial charge in [-0.3, -0.25) is 0 Å². The van der Waals surface area contributed by atoms with E-state index in [1.807, 2.05) is 30.3 Å². The monoisotopic (exact) mass is 346 g/mol. The molecule has 1 saturated heterocycles. The minimum atomic E-state index is -3.39. The summed E-state index contributed by atoms with van der Waals surface area (Å²) in [4.78, 5) is 0.362. The molecule has 1 aliphatic heterocycles. The molecule has 128 valence electrons. The van der Waals surface area contributed by atoms with Crippen molar-refractivity contribution in [3.63, 3.8) is 0 Å². The summed E-state index contributed by atoms with van der Waals surface area (Å²) in [7, 11) is -1.74. The second kappa shape index (κ2) is 7.23. The molecule has 0 aliphatic carbocycles. The smallest absolute Gasteiger partial charge is 0.243 e. The minimum absolute atomic E-state index is 0.239. The van der Waals surface area contributed by atoms with Gasteiger partial charge in [-0.25, -0.2) is 8.42 Å². The number of ether oxygens (including phenoxy) is 1. The zero-order valence-electron chi connectivity index (χ0n) is 13.7. The van der Waals surface area contributed by atoms with Gasteiger partial charge >= 0.3 is 0 Å². The first-order valence-corrected chi connectivity index (χ1v) is 9.50. The third kappa shape index (κ3) is 3.55. The Morgan fingerprint density at radius 1 is 1.00 bits per heavy atom. The lowest BCUT2D eigenvalue weighted by atomic mass is 10.1. The van der Waals surface area contributed by atoms with Crippen LogP contribution in [0.5, 0.6) is 5.75 Å². The van der Waals surface area contributed by atoms with Crippen molar-refractivity contribution in [3.8, 4) is 5.75 Å². The van der Waals surface area contributed by atoms with E-state index < -0.39 is 10.0 Å². The van der Waals surface area contributed by atoms with Gasteiger partial charge in [0.2, 0.25) is 10.0 Å². The van der Waals surface area contributed by atoms with E-state index in [0.717, 1.165) is 24.3 Å². The summed E-state index contributed by atoms with van der Waals surface area (Å²) in [6.45, 7) is 1.04. The third-order valence-electron chi connectivity index (χ3n) is 4.30. The maximum Gasteiger partial charge on any atom is 0.243 e. The molecule has 5 nitrogen and oxygen atoms in total. The van der Waals surface area contributed by atoms with E-state index in [-0.39, 0.29) is 6.04 Å². The Kier molecular flexibility index (Phi) is 5.06. The first-order valence-electron chi connectivity index (χ1n) is 8.06. The number of hydrogen-bond acceptors (Lipinski definition) is 4. The van der Waals surface area contributed by atoms with Crippen molar-refractivity contribution >= 4 is 15.7 Å². The molecule has 0 aromatic heterocycles. The summed E-state index contributed by atoms with van der Waals surface area (Å²) < 4.78 is 32.2. The molecular weight excluding hydrogens is 324 g/mol. The van der Waals surface area contributed by atoms with E-state index in [4.69, 9.17) is 4.74 Å². The Labute approximate surface area is 143 Å². The summed E-state index contributed by atoms with van der Waals surface area (Å²) >= 11 is 0. The normalized spacial score (nSPS) is 16.7. The molecule has 6 heteroatoms. The van der Waals surface area contributed by atoms with Crippen molar-refractivity contribution in [1.29, 1.82) is 0 Å². The molecule has 0 radical (unpaired) electrons. The number of piperidine rings is 1. The van der Waals surface area contributed by atoms with Crippen LogP contribution in [0.15, 0.2) is 59.5 Å². The second-order valence-corrected chi connectivity index (χ2v) is 7.77. The topological polar surface area (TPSA) is 58.6 Å². The highest BCUT2D eigenvalue weighted by Gasteiger charge is 2.29. The molecule has 0 atom stereocenters. The van der Waals surface area contributed by atoms with Gasteiger partial charge in [0.15, 0.2) is 0 Å². The van der Waals surface area contributed by atoms with Gasteiger partial charge in [-0.15, -0.1) is 0 Å². The van der Waals surface area contributed by atoms with E-state index >= 15 is 0 Å². The summed E-state index contributed by atoms with van der Waals surface area (Å²) in [6, 6.07) is 16.6. The number of anilines is 1. The number of nitrogens with one attached hydrogen (secondary N) is 1. The fourth-order valence-corrected chi connectivity index (χ4v) is 4.46. The average Bonchev–Trinajstić information content (AvgIpc) is 2.63. The molecule has 0 saturated carbocycles. The van der Waals surface area contributed by atoms with Crippen LogP contribution in [0.25, 0.3) is 0 Å². The summed E-state index contributed by atoms with van der Waals surface area (Å²) in [6.07, 6.45) is 1.54. The standard InChI is InChI=1S/C18H22N2O3S/c1-23-18-10-6-5-9-17(18)19-15-11-13-20(14-12-15)24(21,22)16-7-3-2-4-8-16/h2-10,15,19H,11-14H2,1H3. The predicted molar refractivity (Wildman–Crippen MR) is 94.8 cm³/mol. The van der Waals surface area contributed by atoms with Crippen molar-refractivity contribution in [2.45, 2.75) is 23.8 Å². The molecule has 0 spiro atoms. The SMILES string of the molecule is COc1ccccc1NC1CCN(S(=O)(=O)c2ccccc2)CC1. The zero-order chi connectivity index (χ0) is 17.0. The highest BCUT2D eigenvalue weighted by atomic mass is 32.2. The Balaban J connectivity index is 1.64. The first-order chi connectivity index (χ1) is 11.6. The fourth-order valence-electron chi connectivity index (χ4n) is 2.97. The number of para-hydroxylation sites is 2. The Morgan fingerprint density at radius 2 is 1.62 bits per heavy atom. The van der Waals surface area contributed by atoms with Crippen LogP contribution < -0.4 is 10.1 Å². The quantitative estimate of drug-likeness (QED) is 0.904. The van der Waals surface area contributed by atoms with Crippen molar-refractivity contribution in [1.82, 2.24) is 4.31 Å². The van der Waals surface area contributed by atoms with Gasteiger partial charge in [-0.05, 0) is 37.1 Å². The van der Waals surface area contributed by atoms with Crippen molar-refractivity contribution in [2.75, 3.05) is 25.5 Å². The molecule has 1 fully saturated rings. The number of nitrogens with zero attached hydrogens (tertiary/aromatic N) is 1. The predicted octanol–water partition coefficient (Wildman–Crippen LogP) is 2.96. The second-order valence-electron chi connectivity index (χ2n) is 5.84. The Bertz CT molecular complexity index is 770. The van der Waals surface area contributed by atoms with Crippen molar-refractivity contribution < 1.29 is 13.2 Å². The summed E-state index contributed by atoms with van der Waals surface area (Å²) in [5.41, 5.74) is 0.948. The maximum absolute atomic E-state index is 12.6. The Morgan fingerprint density at radius 3 is 2.29 bits per heavy atom. The van der Waals surface area contributed by atoms with E-state index in [1.165, 1.54) is 0 Å². The maximum atomic E-state index is 12.6. The van der Waals surface area contributed by atoms with E-state index in [2.05, 4.69) is 5.32 Å². The lowest BCUT2D eigenvalue weighted by Gasteiger charge is -2.32. The number of methoxy groups -OCH3 is 1. The van der Waals surface area contributed by atoms with E-state index in [9.17, 15) is 8.42 Å². The molecule has 0 bridgehead atoms. The van der Waals surface area contributed by atoms with Crippen LogP contribution >= 0.6 is 0 Å². The molecule has 1 heterocycles. The van der Waals surface area contributed by atoms with Gasteiger partial charge in [0.05, 0.1) is 17.7 Å². The van der Waals surface area contributed by atoms with Crippen LogP contribution in [0.1, 0.15) is 12.8 Å². The van der Waals surface area contributed by atoms with Gasteiger partial charge in [-0.2, -0.15) is 4.31 Å². The van der Waals surface area contributed by atoms with Crippen LogP contribution in [0.4, 0.5) is 5.69 Å². The summed E-state index contributed by atoms with van der Waals surface area (Å²) in [5, 5.41) is 3.47. The van der Waals surface area contributed by atoms with Gasteiger partial charge in [0, 0.05) is 19.1 Å². The van der Waals surface area contributed by atoms with E-state index in [1.54, 1.807) is 35.7 Å². The molecule has 24 heavy (non-hydrogen) atoms. The Hall–Kier alpha value is -2.05. The van der Waals surface area contributed by atoms with Crippen LogP contribution in [0.3, 0.4) is 0 Å². The molecule has 2 aromatic carbocycles. The van der Waals surface area contributed by atoms with Crippen LogP contribution in [0, 0.1) is 0 Å². The first kappa shape index (κ1) is 16.8. The number of hydrogen-bond donors (Lipinski definition) is 1. The van der Waals surface area contributed by atoms with Gasteiger partial charge < -0.3 is 10.1 Å². The van der Waals surface area contributed by atoms with Crippen LogP contribution in [0.2, 0.25) is 0 Å². The molecular formula is C18H22N2O3S. The highest BCUT2D eigenvalue weighted by molar-refractivity contribution is 7.89. The number of sulfonamides is 1. The van der Waals surface area contributed by atoms with Gasteiger partial charge in [0.1, 0.15) is 5.75 Å². The third-order valence-corrected chi connectivity index (χ3v) is 6.21. The molecule has 1 N–H and O–H groups in total. The lowest BCUT2D eigenvalue weighted by molar-refractivity contribution is 0.329. The largest absolute Gasteiger partial charge is 0.495 e. The molecule has 2 aromatic rings. The fraction of sp³-hybridized carbons (Fsp3) is 0.333.